The Morgan fingerprint density at radius 3 is 2.94 bits per heavy atom. The summed E-state index contributed by atoms with van der Waals surface area (Å²) < 4.78 is 87.2. The largest absolute Gasteiger partial charge is 0.461 e. The molecule has 12 heteroatoms. The third-order valence-electron chi connectivity index (χ3n) is 7.05. The second-order valence-corrected chi connectivity index (χ2v) is 9.37. The van der Waals surface area contributed by atoms with E-state index < -0.39 is 70.2 Å². The third-order valence-corrected chi connectivity index (χ3v) is 7.30. The molecular formula is C21H22ClF4N5O2. The zero-order chi connectivity index (χ0) is 24.7. The lowest BCUT2D eigenvalue weighted by Gasteiger charge is -2.31. The average Bonchev–Trinajstić information content (AvgIpc) is 3.14. The van der Waals surface area contributed by atoms with Crippen LogP contribution in [0, 0.1) is 17.7 Å². The second kappa shape index (κ2) is 7.78. The van der Waals surface area contributed by atoms with Gasteiger partial charge in [-0.3, -0.25) is 4.90 Å². The average molecular weight is 490 g/mol. The molecule has 0 amide bonds. The van der Waals surface area contributed by atoms with Crippen molar-refractivity contribution in [2.45, 2.75) is 43.2 Å². The summed E-state index contributed by atoms with van der Waals surface area (Å²) in [6.45, 7) is -1.34. The summed E-state index contributed by atoms with van der Waals surface area (Å²) in [7, 11) is 0. The van der Waals surface area contributed by atoms with Gasteiger partial charge in [0.25, 0.3) is 0 Å². The Morgan fingerprint density at radius 2 is 2.09 bits per heavy atom. The number of hydrogen-bond acceptors (Lipinski definition) is 7. The first-order valence-electron chi connectivity index (χ1n) is 11.9. The molecule has 0 unspecified atom stereocenters. The van der Waals surface area contributed by atoms with Crippen molar-refractivity contribution < 1.29 is 29.8 Å². The smallest absolute Gasteiger partial charge is 0.319 e. The number of alkyl halides is 2. The highest BCUT2D eigenvalue weighted by Crippen LogP contribution is 2.45. The van der Waals surface area contributed by atoms with Crippen LogP contribution < -0.4 is 9.64 Å². The van der Waals surface area contributed by atoms with E-state index >= 15 is 0 Å². The quantitative estimate of drug-likeness (QED) is 0.483. The molecule has 7 nitrogen and oxygen atoms in total. The van der Waals surface area contributed by atoms with E-state index in [2.05, 4.69) is 15.0 Å². The molecule has 5 atom stereocenters. The maximum absolute atomic E-state index is 15.0. The van der Waals surface area contributed by atoms with Crippen molar-refractivity contribution in [2.24, 2.45) is 5.92 Å². The van der Waals surface area contributed by atoms with Gasteiger partial charge in [-0.25, -0.2) is 18.2 Å². The van der Waals surface area contributed by atoms with Crippen molar-refractivity contribution in [3.63, 3.8) is 0 Å². The molecule has 5 heterocycles. The summed E-state index contributed by atoms with van der Waals surface area (Å²) in [5, 5.41) is -1.18. The number of anilines is 1. The zero-order valence-electron chi connectivity index (χ0n) is 19.4. The van der Waals surface area contributed by atoms with Crippen LogP contribution in [0.3, 0.4) is 0 Å². The van der Waals surface area contributed by atoms with Crippen LogP contribution >= 0.6 is 11.6 Å². The first kappa shape index (κ1) is 19.3. The number of ether oxygens (including phenoxy) is 2. The predicted octanol–water partition coefficient (Wildman–Crippen LogP) is 3.08. The molecule has 178 valence electrons. The molecule has 33 heavy (non-hydrogen) atoms. The van der Waals surface area contributed by atoms with E-state index in [1.54, 1.807) is 4.90 Å². The first-order valence-corrected chi connectivity index (χ1v) is 11.3. The van der Waals surface area contributed by atoms with E-state index in [0.29, 0.717) is 19.4 Å². The highest BCUT2D eigenvalue weighted by Gasteiger charge is 2.56. The molecule has 6 rings (SSSR count). The SMILES string of the molecule is [2H]C([2H])(Oc1nc(N2CCOC[C@H]3[C@H](F)[C@H]32)c2c(F)nc(Cl)c(F)c2n1)[C@@]12CCCN1C[C@H](F)C2. The highest BCUT2D eigenvalue weighted by atomic mass is 35.5. The molecular weight excluding hydrogens is 466 g/mol. The molecule has 3 aliphatic heterocycles. The van der Waals surface area contributed by atoms with Gasteiger partial charge in [0, 0.05) is 25.4 Å². The Hall–Kier alpha value is -1.98. The van der Waals surface area contributed by atoms with Crippen LogP contribution in [0.25, 0.3) is 10.9 Å². The highest BCUT2D eigenvalue weighted by molar-refractivity contribution is 6.30. The molecule has 1 aliphatic carbocycles. The Balaban J connectivity index is 1.47. The molecule has 2 aromatic rings. The third kappa shape index (κ3) is 3.42. The number of nitrogens with zero attached hydrogens (tertiary/aromatic N) is 5. The minimum absolute atomic E-state index is 0.0735. The Kier molecular flexibility index (Phi) is 4.56. The summed E-state index contributed by atoms with van der Waals surface area (Å²) in [6, 6.07) is -1.26. The van der Waals surface area contributed by atoms with E-state index in [-0.39, 0.29) is 38.5 Å². The standard InChI is InChI=1S/C21H22ClF4N5O2/c22-17-14(25)15-12(18(26)28-17)19(31-4-5-32-8-11-13(24)16(11)31)29-20(27-15)33-9-21-2-1-3-30(21)7-10(23)6-21/h10-11,13,16H,1-9H2/t10-,11+,13+,16+,21+/m1/s1/i9D2. The minimum atomic E-state index is -2.45. The lowest BCUT2D eigenvalue weighted by atomic mass is 9.95. The molecule has 2 aromatic heterocycles. The van der Waals surface area contributed by atoms with Crippen LogP contribution in [-0.4, -0.2) is 83.2 Å². The van der Waals surface area contributed by atoms with Gasteiger partial charge in [0.05, 0.1) is 27.5 Å². The Labute approximate surface area is 194 Å². The van der Waals surface area contributed by atoms with E-state index in [4.69, 9.17) is 23.8 Å². The molecule has 1 saturated carbocycles. The van der Waals surface area contributed by atoms with E-state index in [0.717, 1.165) is 0 Å². The number of fused-ring (bicyclic) bond motifs is 3. The van der Waals surface area contributed by atoms with Crippen molar-refractivity contribution in [3.8, 4) is 6.01 Å². The summed E-state index contributed by atoms with van der Waals surface area (Å²) in [5.41, 5.74) is -1.81. The first-order chi connectivity index (χ1) is 16.6. The molecule has 4 fully saturated rings. The number of hydrogen-bond donors (Lipinski definition) is 0. The maximum Gasteiger partial charge on any atom is 0.319 e. The van der Waals surface area contributed by atoms with Crippen molar-refractivity contribution in [3.05, 3.63) is 16.9 Å². The monoisotopic (exact) mass is 489 g/mol. The molecule has 0 radical (unpaired) electrons. The summed E-state index contributed by atoms with van der Waals surface area (Å²) in [4.78, 5) is 14.7. The summed E-state index contributed by atoms with van der Waals surface area (Å²) >= 11 is 5.75. The second-order valence-electron chi connectivity index (χ2n) is 9.01. The molecule has 0 bridgehead atoms. The van der Waals surface area contributed by atoms with E-state index in [9.17, 15) is 17.6 Å². The lowest BCUT2D eigenvalue weighted by molar-refractivity contribution is 0.107. The van der Waals surface area contributed by atoms with Crippen LogP contribution in [0.4, 0.5) is 23.4 Å². The maximum atomic E-state index is 15.0. The summed E-state index contributed by atoms with van der Waals surface area (Å²) in [5.74, 6) is -2.93. The number of halogens is 5. The fourth-order valence-corrected chi connectivity index (χ4v) is 5.57. The van der Waals surface area contributed by atoms with Gasteiger partial charge in [0.15, 0.2) is 11.0 Å². The van der Waals surface area contributed by atoms with Crippen LogP contribution in [0.5, 0.6) is 6.01 Å². The predicted molar refractivity (Wildman–Crippen MR) is 111 cm³/mol. The molecule has 3 saturated heterocycles. The van der Waals surface area contributed by atoms with Crippen LogP contribution in [0.15, 0.2) is 0 Å². The van der Waals surface area contributed by atoms with Gasteiger partial charge in [-0.2, -0.15) is 14.4 Å². The fourth-order valence-electron chi connectivity index (χ4n) is 5.41. The normalized spacial score (nSPS) is 35.1. The topological polar surface area (TPSA) is 63.6 Å². The van der Waals surface area contributed by atoms with Crippen LogP contribution in [-0.2, 0) is 4.74 Å². The summed E-state index contributed by atoms with van der Waals surface area (Å²) in [6.07, 6.45) is -1.53. The Bertz CT molecular complexity index is 1200. The molecule has 4 aliphatic rings. The number of aromatic nitrogens is 3. The lowest BCUT2D eigenvalue weighted by Crippen LogP contribution is -2.43. The van der Waals surface area contributed by atoms with Gasteiger partial charge in [-0.1, -0.05) is 11.6 Å². The number of pyridine rings is 1. The van der Waals surface area contributed by atoms with E-state index in [1.807, 2.05) is 0 Å². The van der Waals surface area contributed by atoms with Gasteiger partial charge in [0.2, 0.25) is 5.95 Å². The number of rotatable bonds is 4. The molecule has 0 aromatic carbocycles. The minimum Gasteiger partial charge on any atom is -0.461 e. The molecule has 0 spiro atoms. The fraction of sp³-hybridized carbons (Fsp3) is 0.667. The Morgan fingerprint density at radius 1 is 1.24 bits per heavy atom. The van der Waals surface area contributed by atoms with Crippen molar-refractivity contribution in [2.75, 3.05) is 44.3 Å². The molecule has 0 N–H and O–H groups in total. The van der Waals surface area contributed by atoms with Crippen molar-refractivity contribution in [1.29, 1.82) is 0 Å². The van der Waals surface area contributed by atoms with Crippen molar-refractivity contribution in [1.82, 2.24) is 19.9 Å². The van der Waals surface area contributed by atoms with Crippen molar-refractivity contribution >= 4 is 28.3 Å². The van der Waals surface area contributed by atoms with Crippen LogP contribution in [0.2, 0.25) is 5.15 Å². The van der Waals surface area contributed by atoms with Gasteiger partial charge in [0.1, 0.15) is 35.6 Å². The van der Waals surface area contributed by atoms with Gasteiger partial charge >= 0.3 is 6.01 Å². The van der Waals surface area contributed by atoms with Gasteiger partial charge < -0.3 is 14.4 Å². The van der Waals surface area contributed by atoms with E-state index in [1.165, 1.54) is 4.90 Å². The van der Waals surface area contributed by atoms with Gasteiger partial charge in [-0.05, 0) is 19.4 Å². The van der Waals surface area contributed by atoms with Gasteiger partial charge in [-0.15, -0.1) is 0 Å². The zero-order valence-corrected chi connectivity index (χ0v) is 18.2. The van der Waals surface area contributed by atoms with Crippen LogP contribution in [0.1, 0.15) is 22.0 Å².